The molecule has 0 nitrogen and oxygen atoms in total. The molecule has 0 saturated carbocycles. The summed E-state index contributed by atoms with van der Waals surface area (Å²) in [6.45, 7) is 0. The molecular formula is H2S2Se2. The van der Waals surface area contributed by atoms with Gasteiger partial charge in [-0.05, 0) is 0 Å². The van der Waals surface area contributed by atoms with Crippen LogP contribution in [-0.4, -0.2) is 24.0 Å². The molecule has 0 fully saturated rings. The van der Waals surface area contributed by atoms with Crippen LogP contribution in [0.3, 0.4) is 0 Å². The van der Waals surface area contributed by atoms with Crippen LogP contribution in [0.2, 0.25) is 0 Å². The van der Waals surface area contributed by atoms with Crippen molar-refractivity contribution in [3.05, 3.63) is 0 Å². The maximum absolute atomic E-state index is 3.93. The Hall–Kier alpha value is 1.74. The number of hydrogen-bond donors (Lipinski definition) is 2. The Balaban J connectivity index is 1.97. The van der Waals surface area contributed by atoms with Crippen LogP contribution in [0, 0.1) is 0 Å². The van der Waals surface area contributed by atoms with Gasteiger partial charge < -0.3 is 0 Å². The van der Waals surface area contributed by atoms with Gasteiger partial charge in [0.2, 0.25) is 0 Å². The van der Waals surface area contributed by atoms with E-state index in [2.05, 4.69) is 22.1 Å². The molecule has 0 rings (SSSR count). The van der Waals surface area contributed by atoms with Gasteiger partial charge >= 0.3 is 46.1 Å². The van der Waals surface area contributed by atoms with Gasteiger partial charge in [0.1, 0.15) is 0 Å². The molecule has 0 saturated heterocycles. The van der Waals surface area contributed by atoms with Crippen LogP contribution >= 0.6 is 22.1 Å². The zero-order valence-electron chi connectivity index (χ0n) is 1.71. The van der Waals surface area contributed by atoms with Crippen LogP contribution in [0.4, 0.5) is 0 Å². The fourth-order valence-corrected chi connectivity index (χ4v) is 0. The van der Waals surface area contributed by atoms with E-state index in [1.165, 1.54) is 0 Å². The van der Waals surface area contributed by atoms with Crippen molar-refractivity contribution >= 4 is 46.1 Å². The molecule has 4 heteroatoms. The van der Waals surface area contributed by atoms with Gasteiger partial charge in [-0.25, -0.2) is 0 Å². The van der Waals surface area contributed by atoms with Crippen LogP contribution in [0.25, 0.3) is 0 Å². The molecule has 0 aliphatic carbocycles. The normalized spacial score (nSPS) is 7.50. The van der Waals surface area contributed by atoms with Gasteiger partial charge in [-0.3, -0.25) is 0 Å². The summed E-state index contributed by atoms with van der Waals surface area (Å²) in [6.07, 6.45) is 0. The van der Waals surface area contributed by atoms with Crippen molar-refractivity contribution in [2.45, 2.75) is 0 Å². The molecule has 0 aliphatic rings. The van der Waals surface area contributed by atoms with Gasteiger partial charge in [-0.2, -0.15) is 0 Å². The van der Waals surface area contributed by atoms with Crippen molar-refractivity contribution in [2.24, 2.45) is 0 Å². The zero-order valence-corrected chi connectivity index (χ0v) is 6.93. The van der Waals surface area contributed by atoms with Crippen molar-refractivity contribution in [1.29, 1.82) is 0 Å². The van der Waals surface area contributed by atoms with Crippen molar-refractivity contribution in [2.75, 3.05) is 0 Å². The summed E-state index contributed by atoms with van der Waals surface area (Å²) >= 11 is 8.94. The molecule has 0 atom stereocenters. The average molecular weight is 224 g/mol. The molecule has 0 amide bonds. The molecule has 0 N–H and O–H groups in total. The molecular weight excluding hydrogens is 222 g/mol. The topological polar surface area (TPSA) is 0 Å². The van der Waals surface area contributed by atoms with Crippen LogP contribution in [0.1, 0.15) is 0 Å². The molecule has 0 aromatic heterocycles. The molecule has 0 radical (unpaired) electrons. The molecule has 0 aromatic rings. The Morgan fingerprint density at radius 1 is 1.00 bits per heavy atom. The van der Waals surface area contributed by atoms with Gasteiger partial charge in [0.15, 0.2) is 0 Å². The fraction of sp³-hybridized carbons (Fsp3) is 0. The third kappa shape index (κ3) is 3.74. The van der Waals surface area contributed by atoms with Crippen molar-refractivity contribution in [1.82, 2.24) is 0 Å². The molecule has 0 aliphatic heterocycles. The van der Waals surface area contributed by atoms with E-state index < -0.39 is 0 Å². The Morgan fingerprint density at radius 2 is 1.25 bits per heavy atom. The van der Waals surface area contributed by atoms with E-state index in [9.17, 15) is 0 Å². The average Bonchev–Trinajstić information content (AvgIpc) is 1.37. The fourth-order valence-electron chi connectivity index (χ4n) is 0. The molecule has 0 heterocycles. The van der Waals surface area contributed by atoms with Crippen LogP contribution in [-0.2, 0) is 0 Å². The number of hydrogen-bond acceptors (Lipinski definition) is 2. The summed E-state index contributed by atoms with van der Waals surface area (Å²) in [4.78, 5) is 0. The second-order valence-electron chi connectivity index (χ2n) is 0.149. The molecule has 0 aromatic carbocycles. The Bertz CT molecular complexity index is 6.00. The number of rotatable bonds is 1. The van der Waals surface area contributed by atoms with Crippen LogP contribution in [0.15, 0.2) is 0 Å². The number of thiol groups is 2. The Morgan fingerprint density at radius 3 is 1.25 bits per heavy atom. The predicted molar refractivity (Wildman–Crippen MR) is 29.5 cm³/mol. The van der Waals surface area contributed by atoms with E-state index in [1.54, 1.807) is 0 Å². The second kappa shape index (κ2) is 4.74. The van der Waals surface area contributed by atoms with E-state index >= 15 is 0 Å². The Kier molecular flexibility index (Phi) is 6.80. The van der Waals surface area contributed by atoms with E-state index in [1.807, 2.05) is 0 Å². The SMILES string of the molecule is S[Se][Se]S. The van der Waals surface area contributed by atoms with Gasteiger partial charge in [-0.1, -0.05) is 0 Å². The summed E-state index contributed by atoms with van der Waals surface area (Å²) in [6, 6.07) is 0. The summed E-state index contributed by atoms with van der Waals surface area (Å²) in [7, 11) is 0. The predicted octanol–water partition coefficient (Wildman–Crippen LogP) is -0.000600. The van der Waals surface area contributed by atoms with Crippen molar-refractivity contribution in [3.63, 3.8) is 0 Å². The van der Waals surface area contributed by atoms with Crippen LogP contribution in [0.5, 0.6) is 0 Å². The molecule has 0 bridgehead atoms. The zero-order chi connectivity index (χ0) is 3.41. The Labute approximate surface area is 45.9 Å². The van der Waals surface area contributed by atoms with Crippen LogP contribution < -0.4 is 0 Å². The first kappa shape index (κ1) is 5.74. The first-order valence-corrected chi connectivity index (χ1v) is 10.2. The second-order valence-corrected chi connectivity index (χ2v) is 12.1. The summed E-state index contributed by atoms with van der Waals surface area (Å²) in [5, 5.41) is 0. The van der Waals surface area contributed by atoms with E-state index in [4.69, 9.17) is 0 Å². The quantitative estimate of drug-likeness (QED) is 0.454. The molecule has 4 heavy (non-hydrogen) atoms. The maximum atomic E-state index is 3.93. The molecule has 0 spiro atoms. The van der Waals surface area contributed by atoms with Gasteiger partial charge in [0.05, 0.1) is 0 Å². The summed E-state index contributed by atoms with van der Waals surface area (Å²) < 4.78 is 0. The van der Waals surface area contributed by atoms with Gasteiger partial charge in [0, 0.05) is 0 Å². The van der Waals surface area contributed by atoms with E-state index in [-0.39, 0.29) is 0 Å². The molecule has 0 unspecified atom stereocenters. The first-order valence-electron chi connectivity index (χ1n) is 0.532. The third-order valence-corrected chi connectivity index (χ3v) is 8.10. The summed E-state index contributed by atoms with van der Waals surface area (Å²) in [5.41, 5.74) is 0. The van der Waals surface area contributed by atoms with Crippen molar-refractivity contribution < 1.29 is 0 Å². The van der Waals surface area contributed by atoms with E-state index in [0.29, 0.717) is 24.0 Å². The standard InChI is InChI=1S/H2S2Se2/c1-3-4-2/h1-2H. The third-order valence-electron chi connectivity index (χ3n) is 0.0333. The van der Waals surface area contributed by atoms with Gasteiger partial charge in [0.25, 0.3) is 0 Å². The minimum absolute atomic E-state index is 0.538. The van der Waals surface area contributed by atoms with E-state index in [0.717, 1.165) is 0 Å². The monoisotopic (exact) mass is 226 g/mol. The minimum atomic E-state index is 0.538. The summed E-state index contributed by atoms with van der Waals surface area (Å²) in [5.74, 6) is 0. The van der Waals surface area contributed by atoms with Gasteiger partial charge in [-0.15, -0.1) is 0 Å². The van der Waals surface area contributed by atoms with Crippen molar-refractivity contribution in [3.8, 4) is 0 Å². The molecule has 26 valence electrons. The first-order chi connectivity index (χ1) is 1.91.